The minimum atomic E-state index is -0.261. The van der Waals surface area contributed by atoms with Gasteiger partial charge in [-0.05, 0) is 48.7 Å². The van der Waals surface area contributed by atoms with Crippen molar-refractivity contribution >= 4 is 17.5 Å². The van der Waals surface area contributed by atoms with Crippen molar-refractivity contribution in [2.24, 2.45) is 5.92 Å². The summed E-state index contributed by atoms with van der Waals surface area (Å²) in [4.78, 5) is 29.1. The van der Waals surface area contributed by atoms with E-state index in [4.69, 9.17) is 9.47 Å². The third kappa shape index (κ3) is 7.02. The zero-order chi connectivity index (χ0) is 25.5. The third-order valence-electron chi connectivity index (χ3n) is 6.45. The molecule has 190 valence electrons. The van der Waals surface area contributed by atoms with Gasteiger partial charge in [-0.15, -0.1) is 0 Å². The number of ether oxygens (including phenoxy) is 2. The van der Waals surface area contributed by atoms with Crippen molar-refractivity contribution in [3.63, 3.8) is 0 Å². The monoisotopic (exact) mass is 485 g/mol. The van der Waals surface area contributed by atoms with Crippen molar-refractivity contribution < 1.29 is 23.5 Å². The first kappa shape index (κ1) is 26.6. The van der Waals surface area contributed by atoms with E-state index < -0.39 is 0 Å². The first-order valence-corrected chi connectivity index (χ1v) is 12.0. The zero-order valence-corrected chi connectivity index (χ0v) is 21.2. The van der Waals surface area contributed by atoms with E-state index in [0.717, 1.165) is 5.56 Å². The van der Waals surface area contributed by atoms with Crippen LogP contribution in [0.1, 0.15) is 43.1 Å². The average Bonchev–Trinajstić information content (AvgIpc) is 2.84. The summed E-state index contributed by atoms with van der Waals surface area (Å²) in [5, 5.41) is 2.81. The highest BCUT2D eigenvalue weighted by atomic mass is 19.1. The Labute approximate surface area is 207 Å². The molecular weight excluding hydrogens is 449 g/mol. The summed E-state index contributed by atoms with van der Waals surface area (Å²) in [5.74, 6) is -0.0400. The van der Waals surface area contributed by atoms with Crippen molar-refractivity contribution in [3.8, 4) is 5.75 Å². The lowest BCUT2D eigenvalue weighted by atomic mass is 10.0. The van der Waals surface area contributed by atoms with Crippen molar-refractivity contribution in [3.05, 3.63) is 59.4 Å². The minimum Gasteiger partial charge on any atom is -0.491 e. The summed E-state index contributed by atoms with van der Waals surface area (Å²) in [5.41, 5.74) is 1.81. The number of anilines is 1. The maximum absolute atomic E-state index is 13.8. The summed E-state index contributed by atoms with van der Waals surface area (Å²) >= 11 is 0. The van der Waals surface area contributed by atoms with Crippen LogP contribution in [0.2, 0.25) is 0 Å². The van der Waals surface area contributed by atoms with Crippen LogP contribution >= 0.6 is 0 Å². The van der Waals surface area contributed by atoms with Crippen LogP contribution in [0.5, 0.6) is 5.75 Å². The van der Waals surface area contributed by atoms with Gasteiger partial charge in [0.25, 0.3) is 5.91 Å². The molecule has 1 aliphatic rings. The van der Waals surface area contributed by atoms with Crippen LogP contribution in [-0.4, -0.2) is 67.6 Å². The fraction of sp³-hybridized carbons (Fsp3) is 0.481. The molecule has 0 saturated heterocycles. The van der Waals surface area contributed by atoms with Gasteiger partial charge < -0.3 is 19.7 Å². The highest BCUT2D eigenvalue weighted by Crippen LogP contribution is 2.27. The van der Waals surface area contributed by atoms with E-state index in [0.29, 0.717) is 49.7 Å². The van der Waals surface area contributed by atoms with E-state index >= 15 is 0 Å². The molecule has 0 bridgehead atoms. The lowest BCUT2D eigenvalue weighted by molar-refractivity contribution is -0.115. The van der Waals surface area contributed by atoms with Crippen molar-refractivity contribution in [2.75, 3.05) is 39.2 Å². The van der Waals surface area contributed by atoms with Crippen molar-refractivity contribution in [1.82, 2.24) is 9.80 Å². The lowest BCUT2D eigenvalue weighted by Gasteiger charge is -2.36. The Balaban J connectivity index is 1.94. The second-order valence-corrected chi connectivity index (χ2v) is 9.27. The molecule has 3 rings (SSSR count). The van der Waals surface area contributed by atoms with Crippen LogP contribution in [0.3, 0.4) is 0 Å². The standard InChI is InChI=1S/C27H36FN3O4/c1-6-26(32)29-22-10-11-24-23(13-22)27(33)30(4)16-25(34-5)18(2)14-31(19(3)17-35-24)15-20-8-7-9-21(28)12-20/h7-13,18-19,25H,6,14-17H2,1-5H3,(H,29,32)/t18-,19+,25-/m0/s1. The van der Waals surface area contributed by atoms with Crippen LogP contribution in [0.15, 0.2) is 42.5 Å². The Kier molecular flexibility index (Phi) is 9.23. The van der Waals surface area contributed by atoms with Gasteiger partial charge in [0, 0.05) is 51.9 Å². The van der Waals surface area contributed by atoms with Gasteiger partial charge in [-0.1, -0.05) is 26.0 Å². The Morgan fingerprint density at radius 3 is 2.66 bits per heavy atom. The summed E-state index contributed by atoms with van der Waals surface area (Å²) in [6.07, 6.45) is 0.144. The van der Waals surface area contributed by atoms with Crippen LogP contribution in [0.25, 0.3) is 0 Å². The second-order valence-electron chi connectivity index (χ2n) is 9.27. The SMILES string of the molecule is CCC(=O)Nc1ccc2c(c1)C(=O)N(C)C[C@H](OC)[C@@H](C)CN(Cc1cccc(F)c1)[C@H](C)CO2. The van der Waals surface area contributed by atoms with Crippen LogP contribution in [0, 0.1) is 11.7 Å². The number of rotatable bonds is 5. The van der Waals surface area contributed by atoms with E-state index in [-0.39, 0.29) is 35.7 Å². The molecule has 35 heavy (non-hydrogen) atoms. The first-order valence-electron chi connectivity index (χ1n) is 12.0. The maximum atomic E-state index is 13.8. The molecule has 1 aliphatic heterocycles. The van der Waals surface area contributed by atoms with Gasteiger partial charge in [0.05, 0.1) is 11.7 Å². The van der Waals surface area contributed by atoms with Crippen molar-refractivity contribution in [1.29, 1.82) is 0 Å². The largest absolute Gasteiger partial charge is 0.491 e. The molecule has 0 unspecified atom stereocenters. The molecule has 2 amide bonds. The molecule has 1 heterocycles. The molecule has 2 aromatic rings. The molecule has 0 spiro atoms. The van der Waals surface area contributed by atoms with Gasteiger partial charge in [-0.2, -0.15) is 0 Å². The van der Waals surface area contributed by atoms with Crippen LogP contribution < -0.4 is 10.1 Å². The van der Waals surface area contributed by atoms with E-state index in [9.17, 15) is 14.0 Å². The summed E-state index contributed by atoms with van der Waals surface area (Å²) in [6, 6.07) is 11.7. The van der Waals surface area contributed by atoms with E-state index in [1.54, 1.807) is 56.3 Å². The van der Waals surface area contributed by atoms with Gasteiger partial charge in [-0.25, -0.2) is 4.39 Å². The van der Waals surface area contributed by atoms with E-state index in [1.807, 2.05) is 6.07 Å². The molecule has 3 atom stereocenters. The topological polar surface area (TPSA) is 71.1 Å². The number of hydrogen-bond acceptors (Lipinski definition) is 5. The minimum absolute atomic E-state index is 0.0159. The number of hydrogen-bond donors (Lipinski definition) is 1. The molecular formula is C27H36FN3O4. The quantitative estimate of drug-likeness (QED) is 0.688. The highest BCUT2D eigenvalue weighted by Gasteiger charge is 2.28. The number of methoxy groups -OCH3 is 1. The number of nitrogens with zero attached hydrogens (tertiary/aromatic N) is 2. The fourth-order valence-corrected chi connectivity index (χ4v) is 4.27. The number of benzene rings is 2. The predicted molar refractivity (Wildman–Crippen MR) is 134 cm³/mol. The molecule has 0 saturated carbocycles. The number of halogens is 1. The predicted octanol–water partition coefficient (Wildman–Crippen LogP) is 4.18. The summed E-state index contributed by atoms with van der Waals surface area (Å²) in [7, 11) is 3.39. The molecule has 8 heteroatoms. The number of nitrogens with one attached hydrogen (secondary N) is 1. The lowest BCUT2D eigenvalue weighted by Crippen LogP contribution is -2.46. The van der Waals surface area contributed by atoms with Gasteiger partial charge >= 0.3 is 0 Å². The van der Waals surface area contributed by atoms with Crippen LogP contribution in [0.4, 0.5) is 10.1 Å². The number of carbonyl (C=O) groups excluding carboxylic acids is 2. The number of carbonyl (C=O) groups is 2. The maximum Gasteiger partial charge on any atom is 0.257 e. The smallest absolute Gasteiger partial charge is 0.257 e. The Bertz CT molecular complexity index is 1030. The molecule has 2 aromatic carbocycles. The van der Waals surface area contributed by atoms with Gasteiger partial charge in [0.1, 0.15) is 18.2 Å². The Morgan fingerprint density at radius 2 is 1.97 bits per heavy atom. The highest BCUT2D eigenvalue weighted by molar-refractivity contribution is 5.99. The van der Waals surface area contributed by atoms with Crippen molar-refractivity contribution in [2.45, 2.75) is 45.9 Å². The fourth-order valence-electron chi connectivity index (χ4n) is 4.27. The number of amides is 2. The molecule has 7 nitrogen and oxygen atoms in total. The second kappa shape index (κ2) is 12.1. The van der Waals surface area contributed by atoms with Crippen LogP contribution in [-0.2, 0) is 16.1 Å². The normalized spacial score (nSPS) is 21.9. The third-order valence-corrected chi connectivity index (χ3v) is 6.45. The Morgan fingerprint density at radius 1 is 1.20 bits per heavy atom. The molecule has 0 aliphatic carbocycles. The van der Waals surface area contributed by atoms with E-state index in [2.05, 4.69) is 24.1 Å². The summed E-state index contributed by atoms with van der Waals surface area (Å²) in [6.45, 7) is 7.91. The van der Waals surface area contributed by atoms with Gasteiger partial charge in [-0.3, -0.25) is 14.5 Å². The zero-order valence-electron chi connectivity index (χ0n) is 21.2. The summed E-state index contributed by atoms with van der Waals surface area (Å²) < 4.78 is 25.8. The molecule has 0 radical (unpaired) electrons. The molecule has 0 fully saturated rings. The molecule has 0 aromatic heterocycles. The molecule has 1 N–H and O–H groups in total. The Hall–Kier alpha value is -2.97. The van der Waals surface area contributed by atoms with E-state index in [1.165, 1.54) is 6.07 Å². The number of likely N-dealkylation sites (N-methyl/N-ethyl adjacent to an activating group) is 1. The average molecular weight is 486 g/mol. The van der Waals surface area contributed by atoms with Gasteiger partial charge in [0.15, 0.2) is 0 Å². The van der Waals surface area contributed by atoms with Gasteiger partial charge in [0.2, 0.25) is 5.91 Å². The number of fused-ring (bicyclic) bond motifs is 1. The first-order chi connectivity index (χ1) is 16.7.